The molecule has 4 aromatic rings. The minimum Gasteiger partial charge on any atom is -0.355 e. The summed E-state index contributed by atoms with van der Waals surface area (Å²) in [6, 6.07) is 19.0. The van der Waals surface area contributed by atoms with Crippen LogP contribution in [-0.4, -0.2) is 27.8 Å². The lowest BCUT2D eigenvalue weighted by atomic mass is 10.1. The normalized spacial score (nSPS) is 11.0. The number of amides is 1. The summed E-state index contributed by atoms with van der Waals surface area (Å²) >= 11 is 8.61. The van der Waals surface area contributed by atoms with Gasteiger partial charge in [0.15, 0.2) is 5.16 Å². The Bertz CT molecular complexity index is 1240. The second-order valence-electron chi connectivity index (χ2n) is 6.87. The Kier molecular flexibility index (Phi) is 7.06. The molecule has 0 bridgehead atoms. The van der Waals surface area contributed by atoms with E-state index < -0.39 is 0 Å². The van der Waals surface area contributed by atoms with Crippen molar-refractivity contribution in [3.63, 3.8) is 0 Å². The molecular weight excluding hydrogens is 450 g/mol. The van der Waals surface area contributed by atoms with Gasteiger partial charge < -0.3 is 5.32 Å². The smallest absolute Gasteiger partial charge is 0.276 e. The van der Waals surface area contributed by atoms with Gasteiger partial charge in [0.05, 0.1) is 17.0 Å². The highest BCUT2D eigenvalue weighted by atomic mass is 35.5. The molecule has 0 aliphatic heterocycles. The van der Waals surface area contributed by atoms with Crippen LogP contribution in [0, 0.1) is 0 Å². The first-order valence-electron chi connectivity index (χ1n) is 9.81. The summed E-state index contributed by atoms with van der Waals surface area (Å²) in [6.45, 7) is 0.606. The molecule has 2 heterocycles. The first-order chi connectivity index (χ1) is 15.1. The summed E-state index contributed by atoms with van der Waals surface area (Å²) in [5, 5.41) is 5.87. The average molecular weight is 470 g/mol. The third-order valence-electron chi connectivity index (χ3n) is 4.67. The highest BCUT2D eigenvalue weighted by Gasteiger charge is 2.15. The van der Waals surface area contributed by atoms with Crippen LogP contribution in [0.1, 0.15) is 12.0 Å². The Balaban J connectivity index is 1.44. The lowest BCUT2D eigenvalue weighted by Crippen LogP contribution is -2.27. The van der Waals surface area contributed by atoms with Crippen molar-refractivity contribution in [3.8, 4) is 5.69 Å². The molecule has 4 rings (SSSR count). The van der Waals surface area contributed by atoms with Crippen molar-refractivity contribution in [2.45, 2.75) is 18.0 Å². The number of aromatic nitrogens is 2. The number of fused-ring (bicyclic) bond motifs is 1. The number of carbonyl (C=O) groups is 1. The standard InChI is InChI=1S/C23H20ClN3O2S2/c24-17-8-10-18(11-9-17)27-22(29)21-19(12-14-30-21)26-23(27)31-15-20(28)25-13-4-7-16-5-2-1-3-6-16/h1-3,5-6,8-12,14H,4,7,13,15H2,(H,25,28). The molecule has 0 unspecified atom stereocenters. The molecule has 0 aliphatic carbocycles. The van der Waals surface area contributed by atoms with E-state index in [1.165, 1.54) is 28.7 Å². The van der Waals surface area contributed by atoms with Crippen molar-refractivity contribution in [3.05, 3.63) is 87.0 Å². The summed E-state index contributed by atoms with van der Waals surface area (Å²) in [5.74, 6) is 0.0986. The number of nitrogens with zero attached hydrogens (tertiary/aromatic N) is 2. The van der Waals surface area contributed by atoms with Crippen molar-refractivity contribution >= 4 is 50.8 Å². The average Bonchev–Trinajstić information content (AvgIpc) is 3.26. The minimum atomic E-state index is -0.145. The molecular formula is C23H20ClN3O2S2. The first kappa shape index (κ1) is 21.6. The van der Waals surface area contributed by atoms with Gasteiger partial charge in [-0.2, -0.15) is 0 Å². The fourth-order valence-corrected chi connectivity index (χ4v) is 4.88. The van der Waals surface area contributed by atoms with Gasteiger partial charge in [-0.15, -0.1) is 11.3 Å². The van der Waals surface area contributed by atoms with E-state index in [1.54, 1.807) is 28.8 Å². The Morgan fingerprint density at radius 3 is 2.65 bits per heavy atom. The molecule has 31 heavy (non-hydrogen) atoms. The molecule has 0 atom stereocenters. The van der Waals surface area contributed by atoms with Gasteiger partial charge in [0.25, 0.3) is 5.56 Å². The zero-order valence-electron chi connectivity index (χ0n) is 16.6. The molecule has 0 spiro atoms. The van der Waals surface area contributed by atoms with Crippen molar-refractivity contribution in [1.29, 1.82) is 0 Å². The maximum absolute atomic E-state index is 13.1. The number of hydrogen-bond acceptors (Lipinski definition) is 5. The Morgan fingerprint density at radius 1 is 1.10 bits per heavy atom. The maximum atomic E-state index is 13.1. The second-order valence-corrected chi connectivity index (χ2v) is 9.17. The van der Waals surface area contributed by atoms with Crippen molar-refractivity contribution in [1.82, 2.24) is 14.9 Å². The quantitative estimate of drug-likeness (QED) is 0.225. The second kappa shape index (κ2) is 10.1. The van der Waals surface area contributed by atoms with E-state index in [1.807, 2.05) is 29.6 Å². The topological polar surface area (TPSA) is 64.0 Å². The summed E-state index contributed by atoms with van der Waals surface area (Å²) < 4.78 is 2.13. The zero-order chi connectivity index (χ0) is 21.6. The lowest BCUT2D eigenvalue weighted by Gasteiger charge is -2.12. The van der Waals surface area contributed by atoms with Crippen LogP contribution in [-0.2, 0) is 11.2 Å². The van der Waals surface area contributed by atoms with E-state index in [9.17, 15) is 9.59 Å². The molecule has 0 saturated heterocycles. The molecule has 0 saturated carbocycles. The maximum Gasteiger partial charge on any atom is 0.276 e. The predicted molar refractivity (Wildman–Crippen MR) is 129 cm³/mol. The van der Waals surface area contributed by atoms with Crippen LogP contribution < -0.4 is 10.9 Å². The fourth-order valence-electron chi connectivity index (χ4n) is 3.15. The number of carbonyl (C=O) groups excluding carboxylic acids is 1. The number of thioether (sulfide) groups is 1. The molecule has 8 heteroatoms. The minimum absolute atomic E-state index is 0.0830. The summed E-state index contributed by atoms with van der Waals surface area (Å²) in [5.41, 5.74) is 2.42. The fraction of sp³-hybridized carbons (Fsp3) is 0.174. The van der Waals surface area contributed by atoms with Crippen LogP contribution in [0.5, 0.6) is 0 Å². The monoisotopic (exact) mass is 469 g/mol. The number of aryl methyl sites for hydroxylation is 1. The molecule has 158 valence electrons. The number of nitrogens with one attached hydrogen (secondary N) is 1. The van der Waals surface area contributed by atoms with Crippen LogP contribution in [0.2, 0.25) is 5.02 Å². The van der Waals surface area contributed by atoms with Crippen LogP contribution >= 0.6 is 34.7 Å². The van der Waals surface area contributed by atoms with Crippen molar-refractivity contribution in [2.24, 2.45) is 0 Å². The lowest BCUT2D eigenvalue weighted by molar-refractivity contribution is -0.118. The van der Waals surface area contributed by atoms with Gasteiger partial charge in [0.2, 0.25) is 5.91 Å². The van der Waals surface area contributed by atoms with E-state index >= 15 is 0 Å². The summed E-state index contributed by atoms with van der Waals surface area (Å²) in [4.78, 5) is 30.1. The Labute approximate surface area is 193 Å². The molecule has 5 nitrogen and oxygen atoms in total. The van der Waals surface area contributed by atoms with Crippen LogP contribution in [0.25, 0.3) is 15.9 Å². The van der Waals surface area contributed by atoms with Gasteiger partial charge >= 0.3 is 0 Å². The molecule has 0 aliphatic rings. The van der Waals surface area contributed by atoms with Crippen LogP contribution in [0.4, 0.5) is 0 Å². The molecule has 1 amide bonds. The molecule has 2 aromatic carbocycles. The van der Waals surface area contributed by atoms with E-state index in [0.29, 0.717) is 32.6 Å². The number of thiophene rings is 1. The van der Waals surface area contributed by atoms with E-state index in [4.69, 9.17) is 11.6 Å². The van der Waals surface area contributed by atoms with Gasteiger partial charge in [0, 0.05) is 11.6 Å². The largest absolute Gasteiger partial charge is 0.355 e. The SMILES string of the molecule is O=C(CSc1nc2ccsc2c(=O)n1-c1ccc(Cl)cc1)NCCCc1ccccc1. The van der Waals surface area contributed by atoms with Crippen LogP contribution in [0.15, 0.2) is 76.0 Å². The van der Waals surface area contributed by atoms with Gasteiger partial charge in [-0.1, -0.05) is 53.7 Å². The predicted octanol–water partition coefficient (Wildman–Crippen LogP) is 4.94. The summed E-state index contributed by atoms with van der Waals surface area (Å²) in [7, 11) is 0. The zero-order valence-corrected chi connectivity index (χ0v) is 19.0. The van der Waals surface area contributed by atoms with Gasteiger partial charge in [0.1, 0.15) is 4.70 Å². The molecule has 0 radical (unpaired) electrons. The highest BCUT2D eigenvalue weighted by Crippen LogP contribution is 2.24. The molecule has 1 N–H and O–H groups in total. The third-order valence-corrected chi connectivity index (χ3v) is 6.76. The number of halogens is 1. The number of benzene rings is 2. The molecule has 2 aromatic heterocycles. The Hall–Kier alpha value is -2.61. The first-order valence-corrected chi connectivity index (χ1v) is 12.1. The molecule has 0 fully saturated rings. The third kappa shape index (κ3) is 5.36. The number of rotatable bonds is 8. The van der Waals surface area contributed by atoms with E-state index in [0.717, 1.165) is 12.8 Å². The Morgan fingerprint density at radius 2 is 1.87 bits per heavy atom. The summed E-state index contributed by atoms with van der Waals surface area (Å²) in [6.07, 6.45) is 1.79. The van der Waals surface area contributed by atoms with E-state index in [-0.39, 0.29) is 17.2 Å². The van der Waals surface area contributed by atoms with Gasteiger partial charge in [-0.05, 0) is 54.1 Å². The highest BCUT2D eigenvalue weighted by molar-refractivity contribution is 7.99. The van der Waals surface area contributed by atoms with Gasteiger partial charge in [-0.25, -0.2) is 4.98 Å². The van der Waals surface area contributed by atoms with Gasteiger partial charge in [-0.3, -0.25) is 14.2 Å². The van der Waals surface area contributed by atoms with Crippen molar-refractivity contribution < 1.29 is 4.79 Å². The number of hydrogen-bond donors (Lipinski definition) is 1. The van der Waals surface area contributed by atoms with Crippen LogP contribution in [0.3, 0.4) is 0 Å². The van der Waals surface area contributed by atoms with E-state index in [2.05, 4.69) is 22.4 Å². The van der Waals surface area contributed by atoms with Crippen molar-refractivity contribution in [2.75, 3.05) is 12.3 Å².